The highest BCUT2D eigenvalue weighted by Gasteiger charge is 2.17. The van der Waals surface area contributed by atoms with Crippen LogP contribution in [-0.4, -0.2) is 18.7 Å². The van der Waals surface area contributed by atoms with Gasteiger partial charge >= 0.3 is 12.1 Å². The standard InChI is InChI=1S/C17H16O5/c1-2-12-20-16(18)14-10-6-7-11-15(14)22-17(19)21-13-8-4-3-5-9-13/h3-11H,2,12H2,1H3. The molecule has 0 saturated heterocycles. The van der Waals surface area contributed by atoms with Crippen LogP contribution in [0.5, 0.6) is 11.5 Å². The number of carbonyl (C=O) groups is 2. The van der Waals surface area contributed by atoms with Crippen molar-refractivity contribution in [2.45, 2.75) is 13.3 Å². The molecule has 0 aliphatic carbocycles. The van der Waals surface area contributed by atoms with Gasteiger partial charge in [-0.3, -0.25) is 0 Å². The van der Waals surface area contributed by atoms with Gasteiger partial charge in [0.15, 0.2) is 0 Å². The molecule has 2 rings (SSSR count). The number of hydrogen-bond acceptors (Lipinski definition) is 5. The lowest BCUT2D eigenvalue weighted by atomic mass is 10.2. The lowest BCUT2D eigenvalue weighted by Gasteiger charge is -2.09. The third-order valence-electron chi connectivity index (χ3n) is 2.68. The summed E-state index contributed by atoms with van der Waals surface area (Å²) in [4.78, 5) is 23.7. The molecule has 0 aliphatic rings. The molecule has 0 N–H and O–H groups in total. The zero-order chi connectivity index (χ0) is 15.8. The van der Waals surface area contributed by atoms with Crippen molar-refractivity contribution in [1.82, 2.24) is 0 Å². The molecule has 0 amide bonds. The van der Waals surface area contributed by atoms with Gasteiger partial charge < -0.3 is 14.2 Å². The second-order valence-corrected chi connectivity index (χ2v) is 4.40. The normalized spacial score (nSPS) is 9.86. The first-order valence-corrected chi connectivity index (χ1v) is 6.91. The van der Waals surface area contributed by atoms with E-state index in [1.54, 1.807) is 42.5 Å². The highest BCUT2D eigenvalue weighted by atomic mass is 16.7. The van der Waals surface area contributed by atoms with E-state index < -0.39 is 12.1 Å². The van der Waals surface area contributed by atoms with E-state index in [1.165, 1.54) is 12.1 Å². The molecule has 0 aliphatic heterocycles. The highest BCUT2D eigenvalue weighted by molar-refractivity contribution is 5.93. The van der Waals surface area contributed by atoms with Crippen LogP contribution >= 0.6 is 0 Å². The van der Waals surface area contributed by atoms with Crippen LogP contribution in [0, 0.1) is 0 Å². The molecule has 22 heavy (non-hydrogen) atoms. The molecule has 0 heterocycles. The fourth-order valence-electron chi connectivity index (χ4n) is 1.69. The summed E-state index contributed by atoms with van der Waals surface area (Å²) in [6, 6.07) is 14.9. The number of rotatable bonds is 5. The Bertz CT molecular complexity index is 637. The van der Waals surface area contributed by atoms with E-state index in [-0.39, 0.29) is 11.3 Å². The van der Waals surface area contributed by atoms with Gasteiger partial charge in [0.05, 0.1) is 6.61 Å². The van der Waals surface area contributed by atoms with Gasteiger partial charge in [-0.15, -0.1) is 0 Å². The summed E-state index contributed by atoms with van der Waals surface area (Å²) in [6.45, 7) is 2.20. The topological polar surface area (TPSA) is 61.8 Å². The molecule has 5 heteroatoms. The summed E-state index contributed by atoms with van der Waals surface area (Å²) in [7, 11) is 0. The van der Waals surface area contributed by atoms with Crippen LogP contribution in [0.15, 0.2) is 54.6 Å². The summed E-state index contributed by atoms with van der Waals surface area (Å²) in [5.41, 5.74) is 0.181. The quantitative estimate of drug-likeness (QED) is 0.620. The molecule has 0 atom stereocenters. The molecule has 0 fully saturated rings. The van der Waals surface area contributed by atoms with Crippen LogP contribution in [0.25, 0.3) is 0 Å². The highest BCUT2D eigenvalue weighted by Crippen LogP contribution is 2.20. The van der Waals surface area contributed by atoms with E-state index in [0.29, 0.717) is 18.8 Å². The zero-order valence-electron chi connectivity index (χ0n) is 12.2. The van der Waals surface area contributed by atoms with Crippen molar-refractivity contribution in [2.24, 2.45) is 0 Å². The first-order valence-electron chi connectivity index (χ1n) is 6.91. The Labute approximate surface area is 128 Å². The number of hydrogen-bond donors (Lipinski definition) is 0. The van der Waals surface area contributed by atoms with Crippen LogP contribution < -0.4 is 9.47 Å². The van der Waals surface area contributed by atoms with Crippen molar-refractivity contribution in [3.05, 3.63) is 60.2 Å². The Kier molecular flexibility index (Phi) is 5.54. The fraction of sp³-hybridized carbons (Fsp3) is 0.176. The van der Waals surface area contributed by atoms with Gasteiger partial charge in [-0.1, -0.05) is 37.3 Å². The zero-order valence-corrected chi connectivity index (χ0v) is 12.2. The Morgan fingerprint density at radius 1 is 0.909 bits per heavy atom. The largest absolute Gasteiger partial charge is 0.519 e. The van der Waals surface area contributed by atoms with Crippen molar-refractivity contribution in [3.8, 4) is 11.5 Å². The van der Waals surface area contributed by atoms with Crippen LogP contribution in [0.2, 0.25) is 0 Å². The monoisotopic (exact) mass is 300 g/mol. The van der Waals surface area contributed by atoms with Crippen LogP contribution in [0.3, 0.4) is 0 Å². The van der Waals surface area contributed by atoms with Crippen molar-refractivity contribution in [1.29, 1.82) is 0 Å². The maximum atomic E-state index is 11.9. The maximum Gasteiger partial charge on any atom is 0.519 e. The third kappa shape index (κ3) is 4.34. The van der Waals surface area contributed by atoms with Crippen molar-refractivity contribution >= 4 is 12.1 Å². The third-order valence-corrected chi connectivity index (χ3v) is 2.68. The van der Waals surface area contributed by atoms with Gasteiger partial charge in [0, 0.05) is 0 Å². The van der Waals surface area contributed by atoms with Gasteiger partial charge in [-0.25, -0.2) is 9.59 Å². The molecule has 0 bridgehead atoms. The van der Waals surface area contributed by atoms with Crippen LogP contribution in [0.4, 0.5) is 4.79 Å². The predicted molar refractivity (Wildman–Crippen MR) is 80.1 cm³/mol. The molecule has 2 aromatic rings. The Morgan fingerprint density at radius 2 is 1.59 bits per heavy atom. The minimum atomic E-state index is -0.915. The average Bonchev–Trinajstić information content (AvgIpc) is 2.54. The first kappa shape index (κ1) is 15.6. The molecule has 0 aromatic heterocycles. The SMILES string of the molecule is CCCOC(=O)c1ccccc1OC(=O)Oc1ccccc1. The number of benzene rings is 2. The van der Waals surface area contributed by atoms with Gasteiger partial charge in [0.1, 0.15) is 17.1 Å². The second kappa shape index (κ2) is 7.83. The number of ether oxygens (including phenoxy) is 3. The van der Waals surface area contributed by atoms with Gasteiger partial charge in [-0.05, 0) is 30.7 Å². The molecule has 5 nitrogen and oxygen atoms in total. The molecule has 0 radical (unpaired) electrons. The summed E-state index contributed by atoms with van der Waals surface area (Å²) in [6.07, 6.45) is -0.202. The Morgan fingerprint density at radius 3 is 2.32 bits per heavy atom. The van der Waals surface area contributed by atoms with Crippen molar-refractivity contribution < 1.29 is 23.8 Å². The molecule has 0 unspecified atom stereocenters. The van der Waals surface area contributed by atoms with E-state index in [4.69, 9.17) is 14.2 Å². The molecule has 2 aromatic carbocycles. The summed E-state index contributed by atoms with van der Waals surface area (Å²) in [5, 5.41) is 0. The number of carbonyl (C=O) groups excluding carboxylic acids is 2. The lowest BCUT2D eigenvalue weighted by molar-refractivity contribution is 0.0501. The second-order valence-electron chi connectivity index (χ2n) is 4.40. The molecule has 0 saturated carbocycles. The summed E-state index contributed by atoms with van der Waals surface area (Å²) >= 11 is 0. The predicted octanol–water partition coefficient (Wildman–Crippen LogP) is 3.83. The van der Waals surface area contributed by atoms with E-state index in [2.05, 4.69) is 0 Å². The first-order chi connectivity index (χ1) is 10.7. The van der Waals surface area contributed by atoms with Gasteiger partial charge in [0.2, 0.25) is 0 Å². The summed E-state index contributed by atoms with van der Waals surface area (Å²) < 4.78 is 15.2. The average molecular weight is 300 g/mol. The lowest BCUT2D eigenvalue weighted by Crippen LogP contribution is -2.16. The van der Waals surface area contributed by atoms with E-state index in [0.717, 1.165) is 0 Å². The van der Waals surface area contributed by atoms with Crippen LogP contribution in [-0.2, 0) is 4.74 Å². The number of esters is 1. The van der Waals surface area contributed by atoms with E-state index >= 15 is 0 Å². The fourth-order valence-corrected chi connectivity index (χ4v) is 1.69. The maximum absolute atomic E-state index is 11.9. The summed E-state index contributed by atoms with van der Waals surface area (Å²) in [5.74, 6) is -0.0759. The Hall–Kier alpha value is -2.82. The van der Waals surface area contributed by atoms with Crippen molar-refractivity contribution in [3.63, 3.8) is 0 Å². The molecular weight excluding hydrogens is 284 g/mol. The van der Waals surface area contributed by atoms with Gasteiger partial charge in [-0.2, -0.15) is 0 Å². The molecule has 0 spiro atoms. The van der Waals surface area contributed by atoms with E-state index in [1.807, 2.05) is 6.92 Å². The number of para-hydroxylation sites is 2. The Balaban J connectivity index is 2.06. The molecule has 114 valence electrons. The van der Waals surface area contributed by atoms with Crippen LogP contribution in [0.1, 0.15) is 23.7 Å². The van der Waals surface area contributed by atoms with Crippen molar-refractivity contribution in [2.75, 3.05) is 6.61 Å². The smallest absolute Gasteiger partial charge is 0.462 e. The molecular formula is C17H16O5. The van der Waals surface area contributed by atoms with E-state index in [9.17, 15) is 9.59 Å². The minimum absolute atomic E-state index is 0.101. The van der Waals surface area contributed by atoms with Gasteiger partial charge in [0.25, 0.3) is 0 Å². The minimum Gasteiger partial charge on any atom is -0.462 e.